The summed E-state index contributed by atoms with van der Waals surface area (Å²) in [5, 5.41) is 41.3. The average Bonchev–Trinajstić information content (AvgIpc) is 2.48. The van der Waals surface area contributed by atoms with Crippen LogP contribution < -0.4 is 0 Å². The number of aliphatic hydroxyl groups is 2. The van der Waals surface area contributed by atoms with Crippen molar-refractivity contribution in [1.82, 2.24) is 0 Å². The van der Waals surface area contributed by atoms with Crippen LogP contribution in [0, 0.1) is 11.8 Å². The van der Waals surface area contributed by atoms with Crippen LogP contribution in [-0.2, 0) is 14.4 Å². The molecule has 0 spiro atoms. The molecular formula is C15H26O8. The molecule has 5 N–H and O–H groups in total. The molecule has 0 amide bonds. The molecule has 0 bridgehead atoms. The van der Waals surface area contributed by atoms with Gasteiger partial charge in [0.05, 0.1) is 24.5 Å². The third-order valence-corrected chi connectivity index (χ3v) is 3.03. The van der Waals surface area contributed by atoms with E-state index in [4.69, 9.17) is 25.5 Å². The first-order valence-corrected chi connectivity index (χ1v) is 7.17. The lowest BCUT2D eigenvalue weighted by atomic mass is 9.79. The fourth-order valence-electron chi connectivity index (χ4n) is 1.72. The zero-order valence-electron chi connectivity index (χ0n) is 13.4. The van der Waals surface area contributed by atoms with Crippen LogP contribution in [0.5, 0.6) is 0 Å². The van der Waals surface area contributed by atoms with Crippen LogP contribution in [0.3, 0.4) is 0 Å². The Hall–Kier alpha value is -1.93. The molecule has 3 atom stereocenters. The number of aliphatic carboxylic acids is 3. The standard InChI is InChI=1S/C8H12O4.C4H6O2.C3H8O2/c9-7(10)5-3-1-2-4-6(5)8(11)12;1-3(2)4(5)6;1-3(5)2-4/h5-6H,1-4H2,(H,9,10)(H,11,12);1H2,2H3,(H,5,6);3-5H,2H2,1H3. The minimum Gasteiger partial charge on any atom is -0.481 e. The van der Waals surface area contributed by atoms with Gasteiger partial charge in [0.2, 0.25) is 0 Å². The smallest absolute Gasteiger partial charge is 0.330 e. The highest BCUT2D eigenvalue weighted by atomic mass is 16.4. The zero-order valence-corrected chi connectivity index (χ0v) is 13.4. The Morgan fingerprint density at radius 2 is 1.30 bits per heavy atom. The average molecular weight is 334 g/mol. The van der Waals surface area contributed by atoms with E-state index in [1.807, 2.05) is 0 Å². The van der Waals surface area contributed by atoms with Crippen molar-refractivity contribution in [2.75, 3.05) is 6.61 Å². The summed E-state index contributed by atoms with van der Waals surface area (Å²) >= 11 is 0. The van der Waals surface area contributed by atoms with Crippen molar-refractivity contribution in [1.29, 1.82) is 0 Å². The number of hydrogen-bond donors (Lipinski definition) is 5. The SMILES string of the molecule is C=C(C)C(=O)O.CC(O)CO.O=C(O)C1CCCCC1C(=O)O. The molecule has 1 aliphatic carbocycles. The summed E-state index contributed by atoms with van der Waals surface area (Å²) in [4.78, 5) is 30.8. The highest BCUT2D eigenvalue weighted by Gasteiger charge is 2.35. The topological polar surface area (TPSA) is 152 Å². The fourth-order valence-corrected chi connectivity index (χ4v) is 1.72. The van der Waals surface area contributed by atoms with Crippen molar-refractivity contribution in [2.45, 2.75) is 45.6 Å². The summed E-state index contributed by atoms with van der Waals surface area (Å²) in [5.74, 6) is -4.22. The Labute approximate surface area is 135 Å². The number of carbonyl (C=O) groups is 3. The second-order valence-electron chi connectivity index (χ2n) is 5.29. The van der Waals surface area contributed by atoms with Gasteiger partial charge in [-0.25, -0.2) is 4.79 Å². The lowest BCUT2D eigenvalue weighted by molar-refractivity contribution is -0.155. The van der Waals surface area contributed by atoms with E-state index >= 15 is 0 Å². The van der Waals surface area contributed by atoms with Gasteiger partial charge in [-0.05, 0) is 26.7 Å². The van der Waals surface area contributed by atoms with Gasteiger partial charge in [-0.2, -0.15) is 0 Å². The molecule has 1 aliphatic rings. The van der Waals surface area contributed by atoms with Gasteiger partial charge < -0.3 is 25.5 Å². The van der Waals surface area contributed by atoms with Crippen LogP contribution >= 0.6 is 0 Å². The largest absolute Gasteiger partial charge is 0.481 e. The Morgan fingerprint density at radius 1 is 1.04 bits per heavy atom. The number of aliphatic hydroxyl groups excluding tert-OH is 2. The maximum absolute atomic E-state index is 10.6. The molecule has 0 aromatic carbocycles. The summed E-state index contributed by atoms with van der Waals surface area (Å²) in [7, 11) is 0. The van der Waals surface area contributed by atoms with E-state index in [1.54, 1.807) is 0 Å². The molecule has 8 heteroatoms. The summed E-state index contributed by atoms with van der Waals surface area (Å²) in [6.45, 7) is 5.99. The summed E-state index contributed by atoms with van der Waals surface area (Å²) in [6.07, 6.45) is 2.12. The van der Waals surface area contributed by atoms with Gasteiger partial charge in [0.25, 0.3) is 0 Å². The van der Waals surface area contributed by atoms with Gasteiger partial charge in [0, 0.05) is 5.57 Å². The maximum atomic E-state index is 10.6. The Balaban J connectivity index is 0. The molecular weight excluding hydrogens is 308 g/mol. The third kappa shape index (κ3) is 12.3. The number of rotatable bonds is 4. The van der Waals surface area contributed by atoms with E-state index in [2.05, 4.69) is 6.58 Å². The first kappa shape index (κ1) is 23.3. The highest BCUT2D eigenvalue weighted by molar-refractivity contribution is 5.84. The van der Waals surface area contributed by atoms with E-state index in [-0.39, 0.29) is 12.2 Å². The molecule has 1 saturated carbocycles. The maximum Gasteiger partial charge on any atom is 0.330 e. The third-order valence-electron chi connectivity index (χ3n) is 3.03. The summed E-state index contributed by atoms with van der Waals surface area (Å²) in [5.41, 5.74) is 0.176. The van der Waals surface area contributed by atoms with Crippen molar-refractivity contribution in [3.8, 4) is 0 Å². The van der Waals surface area contributed by atoms with Crippen molar-refractivity contribution in [3.63, 3.8) is 0 Å². The van der Waals surface area contributed by atoms with E-state index in [1.165, 1.54) is 13.8 Å². The monoisotopic (exact) mass is 334 g/mol. The molecule has 3 unspecified atom stereocenters. The molecule has 0 heterocycles. The highest BCUT2D eigenvalue weighted by Crippen LogP contribution is 2.30. The second kappa shape index (κ2) is 12.6. The molecule has 0 aliphatic heterocycles. The molecule has 23 heavy (non-hydrogen) atoms. The fraction of sp³-hybridized carbons (Fsp3) is 0.667. The zero-order chi connectivity index (χ0) is 18.6. The van der Waals surface area contributed by atoms with Crippen LogP contribution in [0.2, 0.25) is 0 Å². The first-order valence-electron chi connectivity index (χ1n) is 7.17. The van der Waals surface area contributed by atoms with Crippen LogP contribution in [0.25, 0.3) is 0 Å². The minimum atomic E-state index is -0.970. The van der Waals surface area contributed by atoms with E-state index < -0.39 is 35.8 Å². The van der Waals surface area contributed by atoms with Crippen LogP contribution in [0.1, 0.15) is 39.5 Å². The second-order valence-corrected chi connectivity index (χ2v) is 5.29. The number of hydrogen-bond acceptors (Lipinski definition) is 5. The Bertz CT molecular complexity index is 368. The van der Waals surface area contributed by atoms with Crippen LogP contribution in [-0.4, -0.2) is 56.2 Å². The Morgan fingerprint density at radius 3 is 1.43 bits per heavy atom. The molecule has 1 rings (SSSR count). The van der Waals surface area contributed by atoms with Gasteiger partial charge in [0.1, 0.15) is 0 Å². The van der Waals surface area contributed by atoms with Gasteiger partial charge in [-0.15, -0.1) is 0 Å². The quantitative estimate of drug-likeness (QED) is 0.477. The summed E-state index contributed by atoms with van der Waals surface area (Å²) in [6, 6.07) is 0. The van der Waals surface area contributed by atoms with E-state index in [9.17, 15) is 14.4 Å². The molecule has 0 aromatic heterocycles. The van der Waals surface area contributed by atoms with Crippen LogP contribution in [0.15, 0.2) is 12.2 Å². The molecule has 0 saturated heterocycles. The van der Waals surface area contributed by atoms with Gasteiger partial charge in [-0.1, -0.05) is 19.4 Å². The Kier molecular flexibility index (Phi) is 12.8. The molecule has 134 valence electrons. The predicted octanol–water partition coefficient (Wildman–Crippen LogP) is 0.969. The van der Waals surface area contributed by atoms with Gasteiger partial charge in [0.15, 0.2) is 0 Å². The molecule has 0 radical (unpaired) electrons. The first-order chi connectivity index (χ1) is 10.5. The van der Waals surface area contributed by atoms with Crippen molar-refractivity contribution in [2.24, 2.45) is 11.8 Å². The molecule has 0 aromatic rings. The normalized spacial score (nSPS) is 20.7. The van der Waals surface area contributed by atoms with Gasteiger partial charge in [-0.3, -0.25) is 9.59 Å². The number of carboxylic acid groups (broad SMARTS) is 3. The van der Waals surface area contributed by atoms with Crippen LogP contribution in [0.4, 0.5) is 0 Å². The van der Waals surface area contributed by atoms with Crippen molar-refractivity contribution in [3.05, 3.63) is 12.2 Å². The van der Waals surface area contributed by atoms with Crippen molar-refractivity contribution >= 4 is 17.9 Å². The summed E-state index contributed by atoms with van der Waals surface area (Å²) < 4.78 is 0. The van der Waals surface area contributed by atoms with E-state index in [0.717, 1.165) is 12.8 Å². The lowest BCUT2D eigenvalue weighted by Gasteiger charge is -2.24. The van der Waals surface area contributed by atoms with E-state index in [0.29, 0.717) is 12.8 Å². The molecule has 8 nitrogen and oxygen atoms in total. The number of carboxylic acids is 3. The predicted molar refractivity (Wildman–Crippen MR) is 81.9 cm³/mol. The van der Waals surface area contributed by atoms with Crippen molar-refractivity contribution < 1.29 is 39.9 Å². The minimum absolute atomic E-state index is 0.139. The lowest BCUT2D eigenvalue weighted by Crippen LogP contribution is -2.32. The molecule has 1 fully saturated rings. The van der Waals surface area contributed by atoms with Gasteiger partial charge >= 0.3 is 17.9 Å².